The molecule has 0 amide bonds. The van der Waals surface area contributed by atoms with Gasteiger partial charge >= 0.3 is 11.9 Å². The Kier molecular flexibility index (Phi) is 13.4. The Balaban J connectivity index is 0.000000517. The van der Waals surface area contributed by atoms with Gasteiger partial charge in [-0.25, -0.2) is 0 Å². The van der Waals surface area contributed by atoms with Crippen LogP contribution in [-0.4, -0.2) is 46.6 Å². The third-order valence-corrected chi connectivity index (χ3v) is 5.05. The summed E-state index contributed by atoms with van der Waals surface area (Å²) < 4.78 is 10.2. The largest absolute Gasteiger partial charge is 0.508 e. The van der Waals surface area contributed by atoms with E-state index in [0.29, 0.717) is 24.3 Å². The molecule has 0 aliphatic rings. The van der Waals surface area contributed by atoms with Crippen LogP contribution in [0.5, 0.6) is 23.0 Å². The summed E-state index contributed by atoms with van der Waals surface area (Å²) in [5.74, 6) is 0.475. The fourth-order valence-electron chi connectivity index (χ4n) is 3.04. The van der Waals surface area contributed by atoms with Crippen LogP contribution in [0.3, 0.4) is 0 Å². The van der Waals surface area contributed by atoms with E-state index in [-0.39, 0.29) is 23.7 Å². The number of aromatic hydroxyl groups is 2. The van der Waals surface area contributed by atoms with E-state index in [1.165, 1.54) is 0 Å². The number of rotatable bonds is 7. The number of unbranched alkanes of at least 4 members (excludes halogenated alkanes) is 1. The van der Waals surface area contributed by atoms with Gasteiger partial charge in [0, 0.05) is 24.0 Å². The summed E-state index contributed by atoms with van der Waals surface area (Å²) in [6, 6.07) is 10.6. The third-order valence-electron chi connectivity index (χ3n) is 5.05. The van der Waals surface area contributed by atoms with Crippen LogP contribution in [0.4, 0.5) is 0 Å². The van der Waals surface area contributed by atoms with Gasteiger partial charge in [0.25, 0.3) is 0 Å². The van der Waals surface area contributed by atoms with E-state index >= 15 is 0 Å². The van der Waals surface area contributed by atoms with Crippen molar-refractivity contribution in [2.24, 2.45) is 0 Å². The van der Waals surface area contributed by atoms with Gasteiger partial charge in [0.2, 0.25) is 0 Å². The molecule has 0 atom stereocenters. The van der Waals surface area contributed by atoms with Crippen molar-refractivity contribution in [1.82, 2.24) is 0 Å². The van der Waals surface area contributed by atoms with Crippen LogP contribution in [0.15, 0.2) is 36.4 Å². The summed E-state index contributed by atoms with van der Waals surface area (Å²) in [5.41, 5.74) is 1.70. The SMILES string of the molecule is COc1ccc(O)c(C(C)(C)C)c1.COc1ccc(O)c(C(C)(C)C)c1.O=C(O)CCCCC(=O)O. The Labute approximate surface area is 214 Å². The van der Waals surface area contributed by atoms with Crippen molar-refractivity contribution in [3.63, 3.8) is 0 Å². The molecule has 0 unspecified atom stereocenters. The van der Waals surface area contributed by atoms with E-state index in [0.717, 1.165) is 22.6 Å². The molecule has 2 aromatic rings. The molecule has 8 nitrogen and oxygen atoms in total. The summed E-state index contributed by atoms with van der Waals surface area (Å²) in [6.45, 7) is 12.3. The molecule has 0 aromatic heterocycles. The van der Waals surface area contributed by atoms with E-state index in [2.05, 4.69) is 41.5 Å². The molecule has 0 radical (unpaired) electrons. The van der Waals surface area contributed by atoms with Crippen molar-refractivity contribution >= 4 is 11.9 Å². The van der Waals surface area contributed by atoms with Gasteiger partial charge in [-0.15, -0.1) is 0 Å². The summed E-state index contributed by atoms with van der Waals surface area (Å²) in [6.07, 6.45) is 1.02. The number of hydrogen-bond donors (Lipinski definition) is 4. The summed E-state index contributed by atoms with van der Waals surface area (Å²) >= 11 is 0. The zero-order valence-electron chi connectivity index (χ0n) is 22.7. The first-order valence-electron chi connectivity index (χ1n) is 11.7. The van der Waals surface area contributed by atoms with Crippen LogP contribution < -0.4 is 9.47 Å². The van der Waals surface area contributed by atoms with Crippen molar-refractivity contribution in [3.05, 3.63) is 47.5 Å². The lowest BCUT2D eigenvalue weighted by atomic mass is 9.86. The molecule has 36 heavy (non-hydrogen) atoms. The van der Waals surface area contributed by atoms with E-state index in [4.69, 9.17) is 19.7 Å². The van der Waals surface area contributed by atoms with Crippen molar-refractivity contribution in [2.75, 3.05) is 14.2 Å². The Morgan fingerprint density at radius 3 is 1.19 bits per heavy atom. The number of benzene rings is 2. The molecule has 4 N–H and O–H groups in total. The fraction of sp³-hybridized carbons (Fsp3) is 0.500. The molecule has 0 bridgehead atoms. The second-order valence-corrected chi connectivity index (χ2v) is 10.3. The van der Waals surface area contributed by atoms with Crippen molar-refractivity contribution in [1.29, 1.82) is 0 Å². The molecule has 0 aliphatic carbocycles. The summed E-state index contributed by atoms with van der Waals surface area (Å²) in [4.78, 5) is 19.8. The predicted octanol–water partition coefficient (Wildman–Crippen LogP) is 6.11. The molecule has 0 aliphatic heterocycles. The minimum absolute atomic E-state index is 0.0569. The number of carbonyl (C=O) groups is 2. The van der Waals surface area contributed by atoms with Crippen molar-refractivity contribution < 1.29 is 39.5 Å². The summed E-state index contributed by atoms with van der Waals surface area (Å²) in [7, 11) is 3.25. The number of phenols is 2. The quantitative estimate of drug-likeness (QED) is 0.330. The minimum Gasteiger partial charge on any atom is -0.508 e. The predicted molar refractivity (Wildman–Crippen MR) is 140 cm³/mol. The van der Waals surface area contributed by atoms with E-state index in [1.54, 1.807) is 38.5 Å². The summed E-state index contributed by atoms with van der Waals surface area (Å²) in [5, 5.41) is 35.5. The van der Waals surface area contributed by atoms with Crippen LogP contribution >= 0.6 is 0 Å². The van der Waals surface area contributed by atoms with Crippen LogP contribution in [-0.2, 0) is 20.4 Å². The van der Waals surface area contributed by atoms with Crippen LogP contribution in [0, 0.1) is 0 Å². The number of carboxylic acids is 2. The smallest absolute Gasteiger partial charge is 0.303 e. The third kappa shape index (κ3) is 12.9. The van der Waals surface area contributed by atoms with Gasteiger partial charge in [-0.05, 0) is 60.1 Å². The van der Waals surface area contributed by atoms with Crippen molar-refractivity contribution in [2.45, 2.75) is 78.1 Å². The topological polar surface area (TPSA) is 134 Å². The molecule has 0 saturated carbocycles. The van der Waals surface area contributed by atoms with Gasteiger partial charge in [-0.2, -0.15) is 0 Å². The lowest BCUT2D eigenvalue weighted by Gasteiger charge is -2.20. The normalized spacial score (nSPS) is 10.8. The van der Waals surface area contributed by atoms with Gasteiger partial charge in [-0.3, -0.25) is 9.59 Å². The molecule has 8 heteroatoms. The Morgan fingerprint density at radius 1 is 0.667 bits per heavy atom. The number of ether oxygens (including phenoxy) is 2. The number of methoxy groups -OCH3 is 2. The Morgan fingerprint density at radius 2 is 0.972 bits per heavy atom. The maximum atomic E-state index is 9.90. The number of hydrogen-bond acceptors (Lipinski definition) is 6. The molecule has 202 valence electrons. The van der Waals surface area contributed by atoms with Crippen LogP contribution in [0.25, 0.3) is 0 Å². The molecule has 2 aromatic carbocycles. The Hall–Kier alpha value is -3.42. The number of phenolic OH excluding ortho intramolecular Hbond substituents is 2. The first-order chi connectivity index (χ1) is 16.5. The number of aliphatic carboxylic acids is 2. The maximum Gasteiger partial charge on any atom is 0.303 e. The zero-order valence-corrected chi connectivity index (χ0v) is 22.7. The standard InChI is InChI=1S/2C11H16O2.C6H10O4/c2*1-11(2,3)9-7-8(13-4)5-6-10(9)12;7-5(8)3-1-2-4-6(9)10/h2*5-7,12H,1-4H3;1-4H2,(H,7,8)(H,9,10). The lowest BCUT2D eigenvalue weighted by molar-refractivity contribution is -0.139. The highest BCUT2D eigenvalue weighted by molar-refractivity contribution is 5.67. The van der Waals surface area contributed by atoms with Gasteiger partial charge in [0.05, 0.1) is 14.2 Å². The number of carboxylic acid groups (broad SMARTS) is 2. The second-order valence-electron chi connectivity index (χ2n) is 10.3. The first kappa shape index (κ1) is 32.6. The maximum absolute atomic E-state index is 9.90. The average Bonchev–Trinajstić information content (AvgIpc) is 2.76. The van der Waals surface area contributed by atoms with Crippen LogP contribution in [0.1, 0.15) is 78.4 Å². The van der Waals surface area contributed by atoms with Gasteiger partial charge in [-0.1, -0.05) is 41.5 Å². The minimum atomic E-state index is -0.870. The Bertz CT molecular complexity index is 889. The molecule has 2 rings (SSSR count). The van der Waals surface area contributed by atoms with Crippen LogP contribution in [0.2, 0.25) is 0 Å². The van der Waals surface area contributed by atoms with Gasteiger partial charge in [0.1, 0.15) is 23.0 Å². The lowest BCUT2D eigenvalue weighted by Crippen LogP contribution is -2.11. The monoisotopic (exact) mass is 506 g/mol. The van der Waals surface area contributed by atoms with E-state index in [1.807, 2.05) is 12.1 Å². The molecule has 0 spiro atoms. The molecular weight excluding hydrogens is 464 g/mol. The fourth-order valence-corrected chi connectivity index (χ4v) is 3.04. The highest BCUT2D eigenvalue weighted by Crippen LogP contribution is 2.34. The molecule has 0 saturated heterocycles. The second kappa shape index (κ2) is 14.9. The first-order valence-corrected chi connectivity index (χ1v) is 11.7. The average molecular weight is 507 g/mol. The van der Waals surface area contributed by atoms with E-state index in [9.17, 15) is 19.8 Å². The van der Waals surface area contributed by atoms with Gasteiger partial charge in [0.15, 0.2) is 0 Å². The van der Waals surface area contributed by atoms with E-state index < -0.39 is 11.9 Å². The molecule has 0 fully saturated rings. The van der Waals surface area contributed by atoms with Crippen molar-refractivity contribution in [3.8, 4) is 23.0 Å². The van der Waals surface area contributed by atoms with Gasteiger partial charge < -0.3 is 29.9 Å². The zero-order chi connectivity index (χ0) is 28.1. The molecule has 0 heterocycles. The highest BCUT2D eigenvalue weighted by atomic mass is 16.5. The molecular formula is C28H42O8. The highest BCUT2D eigenvalue weighted by Gasteiger charge is 2.19.